The molecule has 1 N–H and O–H groups in total. The van der Waals surface area contributed by atoms with Gasteiger partial charge in [-0.2, -0.15) is 5.10 Å². The lowest BCUT2D eigenvalue weighted by molar-refractivity contribution is -0.123. The van der Waals surface area contributed by atoms with E-state index in [1.165, 1.54) is 5.69 Å². The minimum atomic E-state index is -0.102. The van der Waals surface area contributed by atoms with Crippen molar-refractivity contribution in [1.29, 1.82) is 0 Å². The van der Waals surface area contributed by atoms with E-state index in [-0.39, 0.29) is 18.6 Å². The molecule has 1 atom stereocenters. The van der Waals surface area contributed by atoms with Crippen molar-refractivity contribution in [2.24, 2.45) is 7.05 Å². The van der Waals surface area contributed by atoms with E-state index in [0.717, 1.165) is 35.6 Å². The van der Waals surface area contributed by atoms with E-state index in [1.54, 1.807) is 0 Å². The van der Waals surface area contributed by atoms with Crippen molar-refractivity contribution in [2.75, 3.05) is 6.61 Å². The second-order valence-corrected chi connectivity index (χ2v) is 6.48. The Morgan fingerprint density at radius 1 is 1.28 bits per heavy atom. The molecule has 128 valence electrons. The van der Waals surface area contributed by atoms with Gasteiger partial charge in [0.25, 0.3) is 5.91 Å². The Morgan fingerprint density at radius 2 is 2.12 bits per heavy atom. The van der Waals surface area contributed by atoms with Gasteiger partial charge < -0.3 is 10.1 Å². The van der Waals surface area contributed by atoms with Crippen LogP contribution in [0.3, 0.4) is 0 Å². The normalized spacial score (nSPS) is 16.4. The fourth-order valence-corrected chi connectivity index (χ4v) is 3.50. The number of hydrogen-bond donors (Lipinski definition) is 1. The number of nitrogens with one attached hydrogen (secondary N) is 1. The summed E-state index contributed by atoms with van der Waals surface area (Å²) in [6.07, 6.45) is 4.89. The smallest absolute Gasteiger partial charge is 0.258 e. The number of benzene rings is 2. The molecule has 0 saturated heterocycles. The molecule has 5 nitrogen and oxygen atoms in total. The SMILES string of the molecule is Cn1ncc2c1CCC[C@@H]2NC(=O)COc1ccc2ccccc2c1. The van der Waals surface area contributed by atoms with Crippen LogP contribution >= 0.6 is 0 Å². The van der Waals surface area contributed by atoms with Crippen LogP contribution in [-0.4, -0.2) is 22.3 Å². The van der Waals surface area contributed by atoms with Gasteiger partial charge in [-0.1, -0.05) is 30.3 Å². The maximum atomic E-state index is 12.3. The highest BCUT2D eigenvalue weighted by atomic mass is 16.5. The van der Waals surface area contributed by atoms with Crippen LogP contribution in [0.4, 0.5) is 0 Å². The number of carbonyl (C=O) groups is 1. The van der Waals surface area contributed by atoms with Crippen LogP contribution in [0.15, 0.2) is 48.7 Å². The van der Waals surface area contributed by atoms with E-state index in [0.29, 0.717) is 5.75 Å². The average molecular weight is 335 g/mol. The van der Waals surface area contributed by atoms with Gasteiger partial charge >= 0.3 is 0 Å². The molecule has 0 unspecified atom stereocenters. The molecule has 1 amide bonds. The van der Waals surface area contributed by atoms with Gasteiger partial charge in [-0.25, -0.2) is 0 Å². The summed E-state index contributed by atoms with van der Waals surface area (Å²) in [5.74, 6) is 0.606. The highest BCUT2D eigenvalue weighted by molar-refractivity contribution is 5.84. The lowest BCUT2D eigenvalue weighted by atomic mass is 9.93. The first-order valence-electron chi connectivity index (χ1n) is 8.62. The monoisotopic (exact) mass is 335 g/mol. The zero-order chi connectivity index (χ0) is 17.2. The Hall–Kier alpha value is -2.82. The predicted molar refractivity (Wildman–Crippen MR) is 96.5 cm³/mol. The van der Waals surface area contributed by atoms with Crippen LogP contribution in [-0.2, 0) is 18.3 Å². The molecule has 1 aliphatic carbocycles. The number of amides is 1. The molecule has 2 aromatic carbocycles. The molecule has 0 saturated carbocycles. The molecule has 25 heavy (non-hydrogen) atoms. The molecule has 0 fully saturated rings. The molecule has 1 heterocycles. The minimum absolute atomic E-state index is 0.0183. The number of fused-ring (bicyclic) bond motifs is 2. The largest absolute Gasteiger partial charge is 0.484 e. The molecule has 1 aromatic heterocycles. The Kier molecular flexibility index (Phi) is 4.14. The van der Waals surface area contributed by atoms with Crippen molar-refractivity contribution in [1.82, 2.24) is 15.1 Å². The van der Waals surface area contributed by atoms with Crippen molar-refractivity contribution in [3.8, 4) is 5.75 Å². The Balaban J connectivity index is 1.39. The summed E-state index contributed by atoms with van der Waals surface area (Å²) in [5.41, 5.74) is 2.35. The third-order valence-corrected chi connectivity index (χ3v) is 4.80. The van der Waals surface area contributed by atoms with Gasteiger partial charge in [-0.15, -0.1) is 0 Å². The fraction of sp³-hybridized carbons (Fsp3) is 0.300. The average Bonchev–Trinajstić information content (AvgIpc) is 3.02. The minimum Gasteiger partial charge on any atom is -0.484 e. The van der Waals surface area contributed by atoms with Gasteiger partial charge in [-0.3, -0.25) is 9.48 Å². The van der Waals surface area contributed by atoms with Gasteiger partial charge in [-0.05, 0) is 42.2 Å². The van der Waals surface area contributed by atoms with Crippen molar-refractivity contribution < 1.29 is 9.53 Å². The summed E-state index contributed by atoms with van der Waals surface area (Å²) in [4.78, 5) is 12.3. The number of aromatic nitrogens is 2. The lowest BCUT2D eigenvalue weighted by Crippen LogP contribution is -2.34. The number of rotatable bonds is 4. The van der Waals surface area contributed by atoms with Gasteiger partial charge in [0, 0.05) is 18.3 Å². The third kappa shape index (κ3) is 3.22. The van der Waals surface area contributed by atoms with Crippen LogP contribution < -0.4 is 10.1 Å². The summed E-state index contributed by atoms with van der Waals surface area (Å²) in [7, 11) is 1.95. The molecule has 1 aliphatic rings. The second kappa shape index (κ2) is 6.59. The number of nitrogens with zero attached hydrogens (tertiary/aromatic N) is 2. The summed E-state index contributed by atoms with van der Waals surface area (Å²) in [6, 6.07) is 14.0. The van der Waals surface area contributed by atoms with E-state index in [1.807, 2.05) is 54.3 Å². The zero-order valence-corrected chi connectivity index (χ0v) is 14.2. The van der Waals surface area contributed by atoms with Crippen LogP contribution in [0, 0.1) is 0 Å². The topological polar surface area (TPSA) is 56.2 Å². The van der Waals surface area contributed by atoms with Crippen LogP contribution in [0.5, 0.6) is 5.75 Å². The van der Waals surface area contributed by atoms with E-state index >= 15 is 0 Å². The molecule has 3 aromatic rings. The van der Waals surface area contributed by atoms with Gasteiger partial charge in [0.1, 0.15) is 5.75 Å². The highest BCUT2D eigenvalue weighted by Crippen LogP contribution is 2.29. The Labute approximate surface area is 146 Å². The van der Waals surface area contributed by atoms with E-state index in [2.05, 4.69) is 16.5 Å². The molecule has 0 spiro atoms. The Morgan fingerprint density at radius 3 is 3.00 bits per heavy atom. The molecule has 4 rings (SSSR count). The molecule has 0 aliphatic heterocycles. The number of aryl methyl sites for hydroxylation is 1. The lowest BCUT2D eigenvalue weighted by Gasteiger charge is -2.23. The van der Waals surface area contributed by atoms with Crippen LogP contribution in [0.25, 0.3) is 10.8 Å². The molecule has 5 heteroatoms. The van der Waals surface area contributed by atoms with Gasteiger partial charge in [0.2, 0.25) is 0 Å². The van der Waals surface area contributed by atoms with Crippen molar-refractivity contribution >= 4 is 16.7 Å². The van der Waals surface area contributed by atoms with Crippen LogP contribution in [0.1, 0.15) is 30.1 Å². The van der Waals surface area contributed by atoms with Crippen molar-refractivity contribution in [2.45, 2.75) is 25.3 Å². The molecule has 0 bridgehead atoms. The molecular formula is C20H21N3O2. The zero-order valence-electron chi connectivity index (χ0n) is 14.2. The summed E-state index contributed by atoms with van der Waals surface area (Å²) < 4.78 is 7.58. The van der Waals surface area contributed by atoms with Crippen LogP contribution in [0.2, 0.25) is 0 Å². The van der Waals surface area contributed by atoms with Crippen molar-refractivity contribution in [3.05, 3.63) is 59.9 Å². The first kappa shape index (κ1) is 15.7. The van der Waals surface area contributed by atoms with Gasteiger partial charge in [0.15, 0.2) is 6.61 Å². The predicted octanol–water partition coefficient (Wildman–Crippen LogP) is 3.15. The standard InChI is InChI=1S/C20H21N3O2/c1-23-19-8-4-7-18(17(19)12-21-23)22-20(24)13-25-16-10-9-14-5-2-3-6-15(14)11-16/h2-3,5-6,9-12,18H,4,7-8,13H2,1H3,(H,22,24)/t18-/m0/s1. The van der Waals surface area contributed by atoms with Gasteiger partial charge in [0.05, 0.1) is 12.2 Å². The molecular weight excluding hydrogens is 314 g/mol. The van der Waals surface area contributed by atoms with Crippen molar-refractivity contribution in [3.63, 3.8) is 0 Å². The summed E-state index contributed by atoms with van der Waals surface area (Å²) in [5, 5.41) is 9.65. The third-order valence-electron chi connectivity index (χ3n) is 4.80. The number of ether oxygens (including phenoxy) is 1. The Bertz CT molecular complexity index is 916. The summed E-state index contributed by atoms with van der Waals surface area (Å²) in [6.45, 7) is 0.0183. The quantitative estimate of drug-likeness (QED) is 0.797. The number of carbonyl (C=O) groups excluding carboxylic acids is 1. The van der Waals surface area contributed by atoms with E-state index in [9.17, 15) is 4.79 Å². The molecule has 0 radical (unpaired) electrons. The maximum absolute atomic E-state index is 12.3. The fourth-order valence-electron chi connectivity index (χ4n) is 3.50. The highest BCUT2D eigenvalue weighted by Gasteiger charge is 2.24. The number of hydrogen-bond acceptors (Lipinski definition) is 3. The first-order chi connectivity index (χ1) is 12.2. The maximum Gasteiger partial charge on any atom is 0.258 e. The summed E-state index contributed by atoms with van der Waals surface area (Å²) >= 11 is 0. The van der Waals surface area contributed by atoms with E-state index in [4.69, 9.17) is 4.74 Å². The van der Waals surface area contributed by atoms with E-state index < -0.39 is 0 Å². The second-order valence-electron chi connectivity index (χ2n) is 6.48. The first-order valence-corrected chi connectivity index (χ1v) is 8.62.